The zero-order valence-corrected chi connectivity index (χ0v) is 8.73. The first-order chi connectivity index (χ1) is 4.15. The molecule has 0 aliphatic carbocycles. The molecule has 0 spiro atoms. The van der Waals surface area contributed by atoms with Crippen LogP contribution in [0.3, 0.4) is 0 Å². The number of nitrogens with zero attached hydrogens (tertiary/aromatic N) is 1. The summed E-state index contributed by atoms with van der Waals surface area (Å²) in [5, 5.41) is 0. The Bertz CT molecular complexity index is 105. The summed E-state index contributed by atoms with van der Waals surface area (Å²) in [6, 6.07) is 0. The monoisotopic (exact) mass is 249 g/mol. The largest absolute Gasteiger partial charge is 0.476 e. The average molecular weight is 250 g/mol. The van der Waals surface area contributed by atoms with Gasteiger partial charge in [0.25, 0.3) is 0 Å². The quantitative estimate of drug-likeness (QED) is 0.298. The third kappa shape index (κ3) is 4.87. The molecule has 0 saturated heterocycles. The van der Waals surface area contributed by atoms with Crippen LogP contribution in [0, 0.1) is 0 Å². The fraction of sp³-hybridized carbons (Fsp3) is 1.00. The van der Waals surface area contributed by atoms with Crippen molar-refractivity contribution in [3.63, 3.8) is 0 Å². The van der Waals surface area contributed by atoms with Crippen LogP contribution in [0.5, 0.6) is 0 Å². The SMILES string of the molecule is FC(F)(F)N(S)C(F)(F)F.[Zn]. The van der Waals surface area contributed by atoms with Gasteiger partial charge in [-0.1, -0.05) is 17.1 Å². The molecular formula is C2HF6NSZn. The average Bonchev–Trinajstić information content (AvgIpc) is 1.59. The second-order valence-corrected chi connectivity index (χ2v) is 1.65. The first kappa shape index (κ1) is 14.1. The molecule has 9 heteroatoms. The van der Waals surface area contributed by atoms with Gasteiger partial charge in [-0.2, -0.15) is 26.3 Å². The van der Waals surface area contributed by atoms with Crippen LogP contribution in [-0.2, 0) is 19.5 Å². The number of hydrogen-bond donors (Lipinski definition) is 1. The first-order valence-electron chi connectivity index (χ1n) is 1.78. The van der Waals surface area contributed by atoms with Crippen molar-refractivity contribution in [1.82, 2.24) is 4.31 Å². The van der Waals surface area contributed by atoms with E-state index < -0.39 is 16.9 Å². The van der Waals surface area contributed by atoms with Crippen molar-refractivity contribution in [2.24, 2.45) is 0 Å². The summed E-state index contributed by atoms with van der Waals surface area (Å²) in [6.45, 7) is 0. The molecule has 0 aromatic heterocycles. The second kappa shape index (κ2) is 3.95. The van der Waals surface area contributed by atoms with Gasteiger partial charge in [-0.15, -0.1) is 0 Å². The molecule has 0 rings (SSSR count). The van der Waals surface area contributed by atoms with E-state index in [4.69, 9.17) is 0 Å². The Morgan fingerprint density at radius 3 is 1.00 bits per heavy atom. The van der Waals surface area contributed by atoms with Gasteiger partial charge in [0.05, 0.1) is 0 Å². The minimum atomic E-state index is -5.48. The number of alkyl halides is 6. The summed E-state index contributed by atoms with van der Waals surface area (Å²) in [5.74, 6) is 0. The maximum atomic E-state index is 11.1. The zero-order valence-electron chi connectivity index (χ0n) is 4.87. The van der Waals surface area contributed by atoms with Gasteiger partial charge in [0.15, 0.2) is 0 Å². The Hall–Kier alpha value is 0.513. The van der Waals surface area contributed by atoms with Gasteiger partial charge >= 0.3 is 12.6 Å². The maximum Gasteiger partial charge on any atom is 0.476 e. The Balaban J connectivity index is 0. The normalized spacial score (nSPS) is 13.1. The van der Waals surface area contributed by atoms with E-state index in [-0.39, 0.29) is 19.5 Å². The van der Waals surface area contributed by atoms with Crippen molar-refractivity contribution in [2.75, 3.05) is 0 Å². The van der Waals surface area contributed by atoms with Crippen LogP contribution in [-0.4, -0.2) is 16.9 Å². The van der Waals surface area contributed by atoms with Gasteiger partial charge in [0.1, 0.15) is 0 Å². The van der Waals surface area contributed by atoms with E-state index in [1.165, 1.54) is 0 Å². The van der Waals surface area contributed by atoms with Crippen LogP contribution < -0.4 is 0 Å². The van der Waals surface area contributed by atoms with Crippen molar-refractivity contribution < 1.29 is 45.8 Å². The van der Waals surface area contributed by atoms with Crippen LogP contribution >= 0.6 is 12.8 Å². The molecular weight excluding hydrogens is 249 g/mol. The third-order valence-corrected chi connectivity index (χ3v) is 0.934. The Morgan fingerprint density at radius 1 is 0.818 bits per heavy atom. The molecule has 64 valence electrons. The molecule has 0 aromatic rings. The first-order valence-corrected chi connectivity index (χ1v) is 2.18. The van der Waals surface area contributed by atoms with E-state index >= 15 is 0 Å². The van der Waals surface area contributed by atoms with E-state index in [1.54, 1.807) is 0 Å². The minimum Gasteiger partial charge on any atom is -0.154 e. The predicted molar refractivity (Wildman–Crippen MR) is 22.9 cm³/mol. The van der Waals surface area contributed by atoms with Crippen molar-refractivity contribution >= 4 is 12.8 Å². The van der Waals surface area contributed by atoms with Crippen molar-refractivity contribution in [3.05, 3.63) is 0 Å². The van der Waals surface area contributed by atoms with Gasteiger partial charge in [0.2, 0.25) is 0 Å². The fourth-order valence-corrected chi connectivity index (χ4v) is 0.144. The van der Waals surface area contributed by atoms with E-state index in [2.05, 4.69) is 12.8 Å². The standard InChI is InChI=1S/C2HF6NS.Zn/c3-1(4,5)9(10)2(6,7)8;/h10H;. The van der Waals surface area contributed by atoms with E-state index in [9.17, 15) is 26.3 Å². The van der Waals surface area contributed by atoms with Gasteiger partial charge in [-0.05, 0) is 0 Å². The van der Waals surface area contributed by atoms with E-state index in [1.807, 2.05) is 0 Å². The zero-order chi connectivity index (χ0) is 8.58. The molecule has 0 aromatic carbocycles. The molecule has 0 aliphatic rings. The topological polar surface area (TPSA) is 3.24 Å². The third-order valence-electron chi connectivity index (χ3n) is 0.480. The van der Waals surface area contributed by atoms with Crippen LogP contribution in [0.15, 0.2) is 0 Å². The number of rotatable bonds is 0. The van der Waals surface area contributed by atoms with Crippen LogP contribution in [0.25, 0.3) is 0 Å². The van der Waals surface area contributed by atoms with Crippen LogP contribution in [0.2, 0.25) is 0 Å². The smallest absolute Gasteiger partial charge is 0.154 e. The molecule has 0 radical (unpaired) electrons. The summed E-state index contributed by atoms with van der Waals surface area (Å²) < 4.78 is 64.5. The Morgan fingerprint density at radius 2 is 1.00 bits per heavy atom. The molecule has 0 heterocycles. The van der Waals surface area contributed by atoms with Crippen molar-refractivity contribution in [1.29, 1.82) is 0 Å². The summed E-state index contributed by atoms with van der Waals surface area (Å²) in [5.41, 5.74) is 0. The molecule has 0 unspecified atom stereocenters. The Kier molecular flexibility index (Phi) is 5.05. The molecule has 0 saturated carbocycles. The van der Waals surface area contributed by atoms with Crippen molar-refractivity contribution in [2.45, 2.75) is 12.6 Å². The molecule has 0 amide bonds. The van der Waals surface area contributed by atoms with Gasteiger partial charge < -0.3 is 0 Å². The molecule has 0 atom stereocenters. The predicted octanol–water partition coefficient (Wildman–Crippen LogP) is 2.17. The fourth-order valence-electron chi connectivity index (χ4n) is 0.144. The molecule has 0 aliphatic heterocycles. The maximum absolute atomic E-state index is 11.1. The number of thiol groups is 1. The van der Waals surface area contributed by atoms with E-state index in [0.29, 0.717) is 0 Å². The molecule has 11 heavy (non-hydrogen) atoms. The second-order valence-electron chi connectivity index (χ2n) is 1.25. The van der Waals surface area contributed by atoms with Crippen LogP contribution in [0.1, 0.15) is 0 Å². The Labute approximate surface area is 76.0 Å². The summed E-state index contributed by atoms with van der Waals surface area (Å²) in [7, 11) is 0. The van der Waals surface area contributed by atoms with E-state index in [0.717, 1.165) is 0 Å². The van der Waals surface area contributed by atoms with Gasteiger partial charge in [-0.25, -0.2) is 0 Å². The van der Waals surface area contributed by atoms with Crippen molar-refractivity contribution in [3.8, 4) is 0 Å². The van der Waals surface area contributed by atoms with Crippen LogP contribution in [0.4, 0.5) is 26.3 Å². The van der Waals surface area contributed by atoms with Gasteiger partial charge in [-0.3, -0.25) is 0 Å². The summed E-state index contributed by atoms with van der Waals surface area (Å²) in [4.78, 5) is 0. The summed E-state index contributed by atoms with van der Waals surface area (Å²) >= 11 is 2.17. The summed E-state index contributed by atoms with van der Waals surface area (Å²) in [6.07, 6.45) is -11.0. The molecule has 0 bridgehead atoms. The molecule has 1 nitrogen and oxygen atoms in total. The number of halogens is 6. The number of hydrogen-bond acceptors (Lipinski definition) is 2. The van der Waals surface area contributed by atoms with Gasteiger partial charge in [0, 0.05) is 19.5 Å². The molecule has 0 N–H and O–H groups in total. The molecule has 0 fully saturated rings. The minimum absolute atomic E-state index is 0.